The average molecular weight is 463 g/mol. The second kappa shape index (κ2) is 13.0. The molecule has 7 heteroatoms. The van der Waals surface area contributed by atoms with Crippen molar-refractivity contribution in [2.24, 2.45) is 11.3 Å². The lowest BCUT2D eigenvalue weighted by Gasteiger charge is -2.25. The normalized spacial score (nSPS) is 12.3. The zero-order valence-electron chi connectivity index (χ0n) is 19.5. The van der Waals surface area contributed by atoms with Crippen LogP contribution in [0, 0.1) is 11.3 Å². The molecule has 0 aliphatic heterocycles. The number of hydrogen-bond acceptors (Lipinski definition) is 6. The molecule has 2 rings (SSSR count). The fourth-order valence-corrected chi connectivity index (χ4v) is 4.28. The first-order valence-electron chi connectivity index (χ1n) is 11.0. The third-order valence-corrected chi connectivity index (χ3v) is 6.19. The third kappa shape index (κ3) is 9.35. The second-order valence-corrected chi connectivity index (χ2v) is 10.3. The summed E-state index contributed by atoms with van der Waals surface area (Å²) >= 11 is 0. The maximum Gasteiger partial charge on any atom is 0.475 e. The maximum absolute atomic E-state index is 13.2. The maximum atomic E-state index is 13.2. The molecule has 2 aromatic rings. The van der Waals surface area contributed by atoms with Crippen LogP contribution >= 0.6 is 7.82 Å². The topological polar surface area (TPSA) is 71.1 Å². The summed E-state index contributed by atoms with van der Waals surface area (Å²) in [6.07, 6.45) is 0.499. The van der Waals surface area contributed by atoms with Crippen molar-refractivity contribution in [3.05, 3.63) is 71.8 Å². The zero-order chi connectivity index (χ0) is 23.5. The quantitative estimate of drug-likeness (QED) is 0.232. The summed E-state index contributed by atoms with van der Waals surface area (Å²) in [7, 11) is -3.77. The molecule has 32 heavy (non-hydrogen) atoms. The fourth-order valence-electron chi connectivity index (χ4n) is 3.08. The minimum Gasteiger partial charge on any atom is -0.380 e. The van der Waals surface area contributed by atoms with Crippen molar-refractivity contribution in [1.29, 1.82) is 0 Å². The fraction of sp³-hybridized carbons (Fsp3) is 0.480. The lowest BCUT2D eigenvalue weighted by Crippen LogP contribution is -2.33. The molecule has 0 saturated carbocycles. The summed E-state index contributed by atoms with van der Waals surface area (Å²) in [5.74, 6) is 0.133. The lowest BCUT2D eigenvalue weighted by atomic mass is 9.83. The highest BCUT2D eigenvalue weighted by molar-refractivity contribution is 7.48. The van der Waals surface area contributed by atoms with E-state index in [-0.39, 0.29) is 31.5 Å². The van der Waals surface area contributed by atoms with Gasteiger partial charge in [0.15, 0.2) is 0 Å². The van der Waals surface area contributed by atoms with E-state index >= 15 is 0 Å². The van der Waals surface area contributed by atoms with E-state index < -0.39 is 13.2 Å². The highest BCUT2D eigenvalue weighted by Gasteiger charge is 2.30. The van der Waals surface area contributed by atoms with Crippen LogP contribution < -0.4 is 0 Å². The van der Waals surface area contributed by atoms with Crippen LogP contribution in [0.15, 0.2) is 60.7 Å². The second-order valence-electron chi connectivity index (χ2n) is 8.61. The van der Waals surface area contributed by atoms with Gasteiger partial charge in [-0.1, -0.05) is 88.4 Å². The van der Waals surface area contributed by atoms with Crippen molar-refractivity contribution in [2.75, 3.05) is 19.8 Å². The van der Waals surface area contributed by atoms with Crippen molar-refractivity contribution >= 4 is 13.6 Å². The first kappa shape index (κ1) is 26.4. The first-order chi connectivity index (χ1) is 15.2. The molecule has 0 spiro atoms. The average Bonchev–Trinajstić information content (AvgIpc) is 2.79. The smallest absolute Gasteiger partial charge is 0.380 e. The third-order valence-electron chi connectivity index (χ3n) is 4.80. The number of phosphoric acid groups is 1. The minimum absolute atomic E-state index is 0.0358. The van der Waals surface area contributed by atoms with E-state index in [4.69, 9.17) is 18.3 Å². The summed E-state index contributed by atoms with van der Waals surface area (Å²) in [6.45, 7) is 8.65. The highest BCUT2D eigenvalue weighted by atomic mass is 31.2. The summed E-state index contributed by atoms with van der Waals surface area (Å²) in [5, 5.41) is 0. The van der Waals surface area contributed by atoms with E-state index in [1.165, 1.54) is 0 Å². The molecule has 0 heterocycles. The molecule has 0 atom stereocenters. The van der Waals surface area contributed by atoms with Gasteiger partial charge in [0.25, 0.3) is 0 Å². The monoisotopic (exact) mass is 462 g/mol. The van der Waals surface area contributed by atoms with Crippen molar-refractivity contribution in [1.82, 2.24) is 0 Å². The Bertz CT molecular complexity index is 804. The molecule has 6 nitrogen and oxygen atoms in total. The van der Waals surface area contributed by atoms with Crippen LogP contribution in [-0.2, 0) is 40.9 Å². The van der Waals surface area contributed by atoms with Gasteiger partial charge in [-0.2, -0.15) is 0 Å². The van der Waals surface area contributed by atoms with Crippen LogP contribution in [0.5, 0.6) is 0 Å². The molecular formula is C25H35O6P. The predicted octanol–water partition coefficient (Wildman–Crippen LogP) is 6.20. The van der Waals surface area contributed by atoms with Crippen molar-refractivity contribution in [3.8, 4) is 0 Å². The Hall–Kier alpha value is -1.82. The minimum atomic E-state index is -3.77. The predicted molar refractivity (Wildman–Crippen MR) is 125 cm³/mol. The number of Topliss-reactive ketones (excluding diaryl/α,β-unsaturated/α-hetero) is 1. The molecule has 0 saturated heterocycles. The van der Waals surface area contributed by atoms with E-state index in [0.717, 1.165) is 11.1 Å². The van der Waals surface area contributed by atoms with E-state index in [1.54, 1.807) is 0 Å². The Balaban J connectivity index is 1.83. The molecule has 0 aliphatic carbocycles. The molecule has 0 unspecified atom stereocenters. The molecule has 0 radical (unpaired) electrons. The molecule has 0 N–H and O–H groups in total. The SMILES string of the molecule is CC(C)C(=O)C(C)(C)COCCCOP(=O)(OCc1ccccc1)OCc1ccccc1. The van der Waals surface area contributed by atoms with E-state index in [9.17, 15) is 9.36 Å². The van der Waals surface area contributed by atoms with Gasteiger partial charge in [0.2, 0.25) is 0 Å². The van der Waals surface area contributed by atoms with E-state index in [1.807, 2.05) is 88.4 Å². The van der Waals surface area contributed by atoms with Crippen molar-refractivity contribution in [3.63, 3.8) is 0 Å². The highest BCUT2D eigenvalue weighted by Crippen LogP contribution is 2.51. The molecule has 0 bridgehead atoms. The first-order valence-corrected chi connectivity index (χ1v) is 12.4. The molecular weight excluding hydrogens is 427 g/mol. The van der Waals surface area contributed by atoms with Gasteiger partial charge in [-0.3, -0.25) is 18.4 Å². The molecule has 0 aliphatic rings. The largest absolute Gasteiger partial charge is 0.475 e. The van der Waals surface area contributed by atoms with Gasteiger partial charge in [0.05, 0.1) is 26.4 Å². The van der Waals surface area contributed by atoms with Gasteiger partial charge in [0.1, 0.15) is 5.78 Å². The summed E-state index contributed by atoms with van der Waals surface area (Å²) in [6, 6.07) is 18.9. The Kier molecular flexibility index (Phi) is 10.8. The molecule has 176 valence electrons. The molecule has 0 amide bonds. The van der Waals surface area contributed by atoms with Gasteiger partial charge in [0, 0.05) is 17.9 Å². The number of hydrogen-bond donors (Lipinski definition) is 0. The van der Waals surface area contributed by atoms with Crippen LogP contribution in [-0.4, -0.2) is 25.6 Å². The number of rotatable bonds is 15. The Morgan fingerprint density at radius 2 is 1.34 bits per heavy atom. The van der Waals surface area contributed by atoms with E-state index in [0.29, 0.717) is 19.6 Å². The molecule has 0 fully saturated rings. The van der Waals surface area contributed by atoms with Crippen LogP contribution in [0.1, 0.15) is 45.2 Å². The standard InChI is InChI=1S/C25H35O6P/c1-21(2)24(26)25(3,4)20-28-16-11-17-29-32(27,30-18-22-12-7-5-8-13-22)31-19-23-14-9-6-10-15-23/h5-10,12-15,21H,11,16-20H2,1-4H3. The Labute approximate surface area is 191 Å². The number of carbonyl (C=O) groups is 1. The zero-order valence-corrected chi connectivity index (χ0v) is 20.4. The molecule has 2 aromatic carbocycles. The van der Waals surface area contributed by atoms with Gasteiger partial charge in [-0.25, -0.2) is 4.57 Å². The number of ether oxygens (including phenoxy) is 1. The van der Waals surface area contributed by atoms with Crippen LogP contribution in [0.25, 0.3) is 0 Å². The summed E-state index contributed by atoms with van der Waals surface area (Å²) in [4.78, 5) is 12.2. The number of phosphoric ester groups is 1. The number of benzene rings is 2. The van der Waals surface area contributed by atoms with Crippen LogP contribution in [0.3, 0.4) is 0 Å². The lowest BCUT2D eigenvalue weighted by molar-refractivity contribution is -0.133. The van der Waals surface area contributed by atoms with Crippen LogP contribution in [0.2, 0.25) is 0 Å². The number of ketones is 1. The van der Waals surface area contributed by atoms with Gasteiger partial charge in [-0.15, -0.1) is 0 Å². The molecule has 0 aromatic heterocycles. The van der Waals surface area contributed by atoms with Crippen molar-refractivity contribution in [2.45, 2.75) is 47.3 Å². The Morgan fingerprint density at radius 1 is 0.844 bits per heavy atom. The summed E-state index contributed by atoms with van der Waals surface area (Å²) < 4.78 is 35.6. The Morgan fingerprint density at radius 3 is 1.81 bits per heavy atom. The van der Waals surface area contributed by atoms with Crippen molar-refractivity contribution < 1.29 is 27.7 Å². The van der Waals surface area contributed by atoms with Crippen LogP contribution in [0.4, 0.5) is 0 Å². The van der Waals surface area contributed by atoms with Gasteiger partial charge >= 0.3 is 7.82 Å². The summed E-state index contributed by atoms with van der Waals surface area (Å²) in [5.41, 5.74) is 1.21. The van der Waals surface area contributed by atoms with Gasteiger partial charge < -0.3 is 4.74 Å². The number of carbonyl (C=O) groups excluding carboxylic acids is 1. The van der Waals surface area contributed by atoms with E-state index in [2.05, 4.69) is 0 Å². The van der Waals surface area contributed by atoms with Gasteiger partial charge in [-0.05, 0) is 17.5 Å².